The van der Waals surface area contributed by atoms with E-state index < -0.39 is 12.3 Å². The van der Waals surface area contributed by atoms with Crippen molar-refractivity contribution in [1.82, 2.24) is 0 Å². The van der Waals surface area contributed by atoms with Gasteiger partial charge < -0.3 is 14.6 Å². The molecule has 1 aliphatic rings. The van der Waals surface area contributed by atoms with Crippen LogP contribution in [0.3, 0.4) is 0 Å². The fourth-order valence-corrected chi connectivity index (χ4v) is 2.78. The first kappa shape index (κ1) is 18.1. The molecule has 2 unspecified atom stereocenters. The van der Waals surface area contributed by atoms with E-state index in [1.807, 2.05) is 0 Å². The van der Waals surface area contributed by atoms with E-state index >= 15 is 0 Å². The molecular weight excluding hydrogens is 349 g/mol. The molecule has 3 rings (SSSR count). The van der Waals surface area contributed by atoms with Crippen molar-refractivity contribution in [2.45, 2.75) is 19.7 Å². The monoisotopic (exact) mass is 366 g/mol. The summed E-state index contributed by atoms with van der Waals surface area (Å²) in [6.45, 7) is 2.14. The summed E-state index contributed by atoms with van der Waals surface area (Å²) >= 11 is 0. The summed E-state index contributed by atoms with van der Waals surface area (Å²) in [4.78, 5) is 10.8. The second-order valence-electron chi connectivity index (χ2n) is 6.30. The van der Waals surface area contributed by atoms with Crippen molar-refractivity contribution < 1.29 is 32.5 Å². The molecule has 26 heavy (non-hydrogen) atoms. The summed E-state index contributed by atoms with van der Waals surface area (Å²) in [6.07, 6.45) is -4.11. The molecule has 0 radical (unpaired) electrons. The van der Waals surface area contributed by atoms with Gasteiger partial charge in [-0.15, -0.1) is 13.2 Å². The van der Waals surface area contributed by atoms with Crippen LogP contribution in [0, 0.1) is 18.8 Å². The van der Waals surface area contributed by atoms with Gasteiger partial charge in [0.25, 0.3) is 0 Å². The molecule has 0 amide bonds. The van der Waals surface area contributed by atoms with Gasteiger partial charge in [0.2, 0.25) is 0 Å². The van der Waals surface area contributed by atoms with Gasteiger partial charge in [0.15, 0.2) is 0 Å². The van der Waals surface area contributed by atoms with Crippen LogP contribution in [-0.2, 0) is 4.79 Å². The maximum atomic E-state index is 12.4. The first-order chi connectivity index (χ1) is 12.2. The number of carboxylic acid groups (broad SMARTS) is 1. The molecule has 0 aromatic heterocycles. The summed E-state index contributed by atoms with van der Waals surface area (Å²) in [5, 5.41) is 8.87. The molecule has 0 heterocycles. The van der Waals surface area contributed by atoms with Crippen LogP contribution in [0.2, 0.25) is 0 Å². The Bertz CT molecular complexity index is 799. The zero-order chi connectivity index (χ0) is 18.9. The Hall–Kier alpha value is -2.70. The highest BCUT2D eigenvalue weighted by Gasteiger charge is 2.43. The van der Waals surface area contributed by atoms with E-state index in [4.69, 9.17) is 9.84 Å². The molecule has 7 heteroatoms. The van der Waals surface area contributed by atoms with E-state index in [-0.39, 0.29) is 17.6 Å². The lowest BCUT2D eigenvalue weighted by molar-refractivity contribution is -0.274. The average Bonchev–Trinajstić information content (AvgIpc) is 3.34. The Morgan fingerprint density at radius 2 is 1.81 bits per heavy atom. The summed E-state index contributed by atoms with van der Waals surface area (Å²) in [7, 11) is 0. The van der Waals surface area contributed by atoms with Crippen LogP contribution in [-0.4, -0.2) is 24.0 Å². The SMILES string of the molecule is Cc1ccc(OC(F)(F)F)cc1-c1ccc(OCC2CC2C(=O)O)cc1. The van der Waals surface area contributed by atoms with Gasteiger partial charge in [-0.1, -0.05) is 18.2 Å². The molecule has 0 aliphatic heterocycles. The maximum absolute atomic E-state index is 12.4. The largest absolute Gasteiger partial charge is 0.573 e. The number of carbonyl (C=O) groups is 1. The lowest BCUT2D eigenvalue weighted by atomic mass is 10.0. The summed E-state index contributed by atoms with van der Waals surface area (Å²) < 4.78 is 46.7. The molecule has 1 fully saturated rings. The molecular formula is C19H17F3O4. The smallest absolute Gasteiger partial charge is 0.493 e. The quantitative estimate of drug-likeness (QED) is 0.808. The number of benzene rings is 2. The van der Waals surface area contributed by atoms with Gasteiger partial charge in [-0.25, -0.2) is 0 Å². The van der Waals surface area contributed by atoms with Crippen LogP contribution < -0.4 is 9.47 Å². The highest BCUT2D eigenvalue weighted by molar-refractivity contribution is 5.73. The molecule has 0 bridgehead atoms. The minimum absolute atomic E-state index is 0.0330. The van der Waals surface area contributed by atoms with Crippen LogP contribution >= 0.6 is 0 Å². The normalized spacial score (nSPS) is 19.1. The Morgan fingerprint density at radius 3 is 2.38 bits per heavy atom. The zero-order valence-electron chi connectivity index (χ0n) is 13.9. The minimum atomic E-state index is -4.74. The molecule has 1 N–H and O–H groups in total. The molecule has 0 spiro atoms. The number of ether oxygens (including phenoxy) is 2. The van der Waals surface area contributed by atoms with Gasteiger partial charge in [0, 0.05) is 5.92 Å². The van der Waals surface area contributed by atoms with Gasteiger partial charge in [0.05, 0.1) is 12.5 Å². The first-order valence-corrected chi connectivity index (χ1v) is 8.05. The first-order valence-electron chi connectivity index (χ1n) is 8.05. The third-order valence-electron chi connectivity index (χ3n) is 4.31. The summed E-state index contributed by atoms with van der Waals surface area (Å²) in [6, 6.07) is 11.1. The molecule has 2 atom stereocenters. The van der Waals surface area contributed by atoms with Crippen molar-refractivity contribution in [2.24, 2.45) is 11.8 Å². The van der Waals surface area contributed by atoms with E-state index in [1.54, 1.807) is 37.3 Å². The van der Waals surface area contributed by atoms with Gasteiger partial charge in [0.1, 0.15) is 11.5 Å². The van der Waals surface area contributed by atoms with Crippen LogP contribution in [0.1, 0.15) is 12.0 Å². The third-order valence-corrected chi connectivity index (χ3v) is 4.31. The van der Waals surface area contributed by atoms with E-state index in [1.165, 1.54) is 12.1 Å². The van der Waals surface area contributed by atoms with E-state index in [0.717, 1.165) is 11.1 Å². The Morgan fingerprint density at radius 1 is 1.15 bits per heavy atom. The van der Waals surface area contributed by atoms with Gasteiger partial charge >= 0.3 is 12.3 Å². The predicted octanol–water partition coefficient (Wildman–Crippen LogP) is 4.66. The van der Waals surface area contributed by atoms with Crippen molar-refractivity contribution in [3.63, 3.8) is 0 Å². The number of rotatable bonds is 6. The molecule has 2 aromatic rings. The number of aliphatic carboxylic acids is 1. The van der Waals surface area contributed by atoms with Crippen molar-refractivity contribution in [3.8, 4) is 22.6 Å². The van der Waals surface area contributed by atoms with Crippen molar-refractivity contribution >= 4 is 5.97 Å². The van der Waals surface area contributed by atoms with Crippen LogP contribution in [0.4, 0.5) is 13.2 Å². The van der Waals surface area contributed by atoms with Crippen molar-refractivity contribution in [3.05, 3.63) is 48.0 Å². The molecule has 4 nitrogen and oxygen atoms in total. The van der Waals surface area contributed by atoms with Gasteiger partial charge in [-0.2, -0.15) is 0 Å². The maximum Gasteiger partial charge on any atom is 0.573 e. The third kappa shape index (κ3) is 4.47. The number of carboxylic acids is 1. The number of hydrogen-bond acceptors (Lipinski definition) is 3. The van der Waals surface area contributed by atoms with Gasteiger partial charge in [-0.3, -0.25) is 4.79 Å². The van der Waals surface area contributed by atoms with Crippen LogP contribution in [0.5, 0.6) is 11.5 Å². The molecule has 0 saturated heterocycles. The second kappa shape index (κ2) is 6.90. The topological polar surface area (TPSA) is 55.8 Å². The van der Waals surface area contributed by atoms with Crippen molar-refractivity contribution in [2.75, 3.05) is 6.61 Å². The fraction of sp³-hybridized carbons (Fsp3) is 0.316. The van der Waals surface area contributed by atoms with E-state index in [2.05, 4.69) is 4.74 Å². The number of aryl methyl sites for hydroxylation is 1. The number of hydrogen-bond donors (Lipinski definition) is 1. The zero-order valence-corrected chi connectivity index (χ0v) is 13.9. The van der Waals surface area contributed by atoms with Crippen LogP contribution in [0.15, 0.2) is 42.5 Å². The Balaban J connectivity index is 1.68. The predicted molar refractivity (Wildman–Crippen MR) is 88.0 cm³/mol. The standard InChI is InChI=1S/C19H17F3O4/c1-11-2-5-15(26-19(20,21)22)9-16(11)12-3-6-14(7-4-12)25-10-13-8-17(13)18(23)24/h2-7,9,13,17H,8,10H2,1H3,(H,23,24). The number of alkyl halides is 3. The molecule has 1 aliphatic carbocycles. The van der Waals surface area contributed by atoms with Gasteiger partial charge in [-0.05, 0) is 54.3 Å². The Labute approximate surface area is 148 Å². The summed E-state index contributed by atoms with van der Waals surface area (Å²) in [5.74, 6) is -0.777. The lowest BCUT2D eigenvalue weighted by Crippen LogP contribution is -2.17. The van der Waals surface area contributed by atoms with E-state index in [9.17, 15) is 18.0 Å². The molecule has 1 saturated carbocycles. The number of halogens is 3. The lowest BCUT2D eigenvalue weighted by Gasteiger charge is -2.13. The summed E-state index contributed by atoms with van der Waals surface area (Å²) in [5.41, 5.74) is 2.18. The average molecular weight is 366 g/mol. The van der Waals surface area contributed by atoms with Crippen molar-refractivity contribution in [1.29, 1.82) is 0 Å². The molecule has 138 valence electrons. The van der Waals surface area contributed by atoms with Crippen LogP contribution in [0.25, 0.3) is 11.1 Å². The Kier molecular flexibility index (Phi) is 4.80. The second-order valence-corrected chi connectivity index (χ2v) is 6.30. The van der Waals surface area contributed by atoms with E-state index in [0.29, 0.717) is 24.3 Å². The fourth-order valence-electron chi connectivity index (χ4n) is 2.78. The highest BCUT2D eigenvalue weighted by Crippen LogP contribution is 2.39. The molecule has 2 aromatic carbocycles. The highest BCUT2D eigenvalue weighted by atomic mass is 19.4. The minimum Gasteiger partial charge on any atom is -0.493 e.